The summed E-state index contributed by atoms with van der Waals surface area (Å²) >= 11 is 0. The van der Waals surface area contributed by atoms with Crippen LogP contribution in [0.3, 0.4) is 0 Å². The van der Waals surface area contributed by atoms with Gasteiger partial charge >= 0.3 is 12.4 Å². The van der Waals surface area contributed by atoms with Crippen LogP contribution in [0.4, 0.5) is 26.3 Å². The van der Waals surface area contributed by atoms with Gasteiger partial charge in [-0.25, -0.2) is 13.1 Å². The van der Waals surface area contributed by atoms with E-state index in [4.69, 9.17) is 0 Å². The number of carbonyl (C=O) groups excluding carboxylic acids is 1. The molecule has 13 heteroatoms. The number of halogens is 6. The highest BCUT2D eigenvalue weighted by Crippen LogP contribution is 2.32. The molecule has 0 spiro atoms. The SMILES string of the molecule is O=C(C1CCC(NS(=O)(=O)c2ccc(C(F)(F)F)cc2)CC1)N1CCNC[C@@H]1C(F)(F)F. The van der Waals surface area contributed by atoms with Crippen molar-refractivity contribution < 1.29 is 39.6 Å². The van der Waals surface area contributed by atoms with Gasteiger partial charge in [-0.15, -0.1) is 0 Å². The molecule has 1 heterocycles. The Labute approximate surface area is 181 Å². The lowest BCUT2D eigenvalue weighted by Gasteiger charge is -2.40. The third kappa shape index (κ3) is 5.73. The summed E-state index contributed by atoms with van der Waals surface area (Å²) < 4.78 is 105. The van der Waals surface area contributed by atoms with Crippen LogP contribution in [0.15, 0.2) is 29.2 Å². The molecule has 0 aromatic heterocycles. The van der Waals surface area contributed by atoms with E-state index < -0.39 is 51.8 Å². The Morgan fingerprint density at radius 2 is 1.59 bits per heavy atom. The van der Waals surface area contributed by atoms with E-state index in [9.17, 15) is 39.6 Å². The summed E-state index contributed by atoms with van der Waals surface area (Å²) in [4.78, 5) is 13.2. The first kappa shape index (κ1) is 24.8. The monoisotopic (exact) mass is 487 g/mol. The number of nitrogens with zero attached hydrogens (tertiary/aromatic N) is 1. The Balaban J connectivity index is 1.59. The third-order valence-electron chi connectivity index (χ3n) is 5.79. The van der Waals surface area contributed by atoms with E-state index >= 15 is 0 Å². The Kier molecular flexibility index (Phi) is 7.11. The van der Waals surface area contributed by atoms with Crippen LogP contribution in [-0.4, -0.2) is 57.1 Å². The number of sulfonamides is 1. The summed E-state index contributed by atoms with van der Waals surface area (Å²) in [6.45, 7) is -0.151. The lowest BCUT2D eigenvalue weighted by Crippen LogP contribution is -2.60. The van der Waals surface area contributed by atoms with Gasteiger partial charge in [-0.1, -0.05) is 0 Å². The number of rotatable bonds is 4. The molecular formula is C19H23F6N3O3S. The summed E-state index contributed by atoms with van der Waals surface area (Å²) in [5.74, 6) is -1.22. The predicted molar refractivity (Wildman–Crippen MR) is 102 cm³/mol. The lowest BCUT2D eigenvalue weighted by molar-refractivity contribution is -0.194. The number of piperazine rings is 1. The van der Waals surface area contributed by atoms with Crippen molar-refractivity contribution in [1.29, 1.82) is 0 Å². The van der Waals surface area contributed by atoms with Crippen molar-refractivity contribution in [1.82, 2.24) is 14.9 Å². The van der Waals surface area contributed by atoms with Crippen molar-refractivity contribution in [3.05, 3.63) is 29.8 Å². The fourth-order valence-corrected chi connectivity index (χ4v) is 5.37. The van der Waals surface area contributed by atoms with Gasteiger partial charge in [0.15, 0.2) is 0 Å². The van der Waals surface area contributed by atoms with Gasteiger partial charge in [-0.05, 0) is 49.9 Å². The first-order valence-corrected chi connectivity index (χ1v) is 11.5. The molecule has 1 saturated heterocycles. The zero-order valence-electron chi connectivity index (χ0n) is 16.8. The molecule has 6 nitrogen and oxygen atoms in total. The van der Waals surface area contributed by atoms with Crippen molar-refractivity contribution >= 4 is 15.9 Å². The molecule has 1 amide bonds. The normalized spacial score (nSPS) is 25.6. The van der Waals surface area contributed by atoms with Gasteiger partial charge in [0, 0.05) is 31.6 Å². The van der Waals surface area contributed by atoms with Crippen LogP contribution >= 0.6 is 0 Å². The zero-order valence-corrected chi connectivity index (χ0v) is 17.7. The zero-order chi connectivity index (χ0) is 23.7. The summed E-state index contributed by atoms with van der Waals surface area (Å²) in [6.07, 6.45) is -8.23. The number of nitrogens with one attached hydrogen (secondary N) is 2. The second-order valence-electron chi connectivity index (χ2n) is 7.99. The van der Waals surface area contributed by atoms with Crippen LogP contribution in [0.25, 0.3) is 0 Å². The summed E-state index contributed by atoms with van der Waals surface area (Å²) in [5, 5.41) is 2.64. The maximum atomic E-state index is 13.2. The van der Waals surface area contributed by atoms with Crippen molar-refractivity contribution in [3.8, 4) is 0 Å². The molecule has 0 radical (unpaired) electrons. The first-order chi connectivity index (χ1) is 14.8. The molecule has 0 unspecified atom stereocenters. The molecule has 2 fully saturated rings. The van der Waals surface area contributed by atoms with Gasteiger partial charge in [-0.3, -0.25) is 4.79 Å². The van der Waals surface area contributed by atoms with Crippen molar-refractivity contribution in [3.63, 3.8) is 0 Å². The van der Waals surface area contributed by atoms with Crippen LogP contribution in [0.5, 0.6) is 0 Å². The molecule has 32 heavy (non-hydrogen) atoms. The lowest BCUT2D eigenvalue weighted by atomic mass is 9.85. The van der Waals surface area contributed by atoms with Gasteiger partial charge in [0.1, 0.15) is 6.04 Å². The van der Waals surface area contributed by atoms with Gasteiger partial charge in [0.05, 0.1) is 10.5 Å². The molecule has 1 atom stereocenters. The average molecular weight is 487 g/mol. The maximum Gasteiger partial charge on any atom is 0.416 e. The fraction of sp³-hybridized carbons (Fsp3) is 0.632. The predicted octanol–water partition coefficient (Wildman–Crippen LogP) is 2.91. The molecular weight excluding hydrogens is 464 g/mol. The molecule has 2 N–H and O–H groups in total. The number of carbonyl (C=O) groups is 1. The fourth-order valence-electron chi connectivity index (χ4n) is 4.06. The second kappa shape index (κ2) is 9.18. The molecule has 180 valence electrons. The van der Waals surface area contributed by atoms with E-state index in [2.05, 4.69) is 10.0 Å². The van der Waals surface area contributed by atoms with E-state index in [-0.39, 0.29) is 50.2 Å². The van der Waals surface area contributed by atoms with E-state index in [0.717, 1.165) is 17.0 Å². The molecule has 2 aliphatic rings. The highest BCUT2D eigenvalue weighted by atomic mass is 32.2. The maximum absolute atomic E-state index is 13.2. The minimum atomic E-state index is -4.59. The Bertz CT molecular complexity index is 910. The second-order valence-corrected chi connectivity index (χ2v) is 9.70. The van der Waals surface area contributed by atoms with Crippen LogP contribution < -0.4 is 10.0 Å². The molecule has 0 bridgehead atoms. The number of hydrogen-bond donors (Lipinski definition) is 2. The Morgan fingerprint density at radius 1 is 1.00 bits per heavy atom. The molecule has 1 aromatic rings. The highest BCUT2D eigenvalue weighted by Gasteiger charge is 2.47. The number of amides is 1. The molecule has 1 aliphatic heterocycles. The minimum absolute atomic E-state index is 0.0521. The van der Waals surface area contributed by atoms with Gasteiger partial charge in [-0.2, -0.15) is 26.3 Å². The topological polar surface area (TPSA) is 78.5 Å². The Hall–Kier alpha value is -1.86. The van der Waals surface area contributed by atoms with Crippen molar-refractivity contribution in [2.45, 2.75) is 55.0 Å². The molecule has 1 aliphatic carbocycles. The van der Waals surface area contributed by atoms with Crippen molar-refractivity contribution in [2.24, 2.45) is 5.92 Å². The summed E-state index contributed by atoms with van der Waals surface area (Å²) in [6, 6.07) is 0.625. The third-order valence-corrected chi connectivity index (χ3v) is 7.33. The van der Waals surface area contributed by atoms with E-state index in [1.54, 1.807) is 0 Å². The van der Waals surface area contributed by atoms with Crippen LogP contribution in [-0.2, 0) is 21.0 Å². The smallest absolute Gasteiger partial charge is 0.328 e. The van der Waals surface area contributed by atoms with Crippen molar-refractivity contribution in [2.75, 3.05) is 19.6 Å². The number of alkyl halides is 6. The molecule has 3 rings (SSSR count). The van der Waals surface area contributed by atoms with Gasteiger partial charge < -0.3 is 10.2 Å². The number of hydrogen-bond acceptors (Lipinski definition) is 4. The summed E-state index contributed by atoms with van der Waals surface area (Å²) in [7, 11) is -4.08. The molecule has 1 aromatic carbocycles. The van der Waals surface area contributed by atoms with Gasteiger partial charge in [0.25, 0.3) is 0 Å². The van der Waals surface area contributed by atoms with E-state index in [1.807, 2.05) is 0 Å². The van der Waals surface area contributed by atoms with Gasteiger partial charge in [0.2, 0.25) is 15.9 Å². The summed E-state index contributed by atoms with van der Waals surface area (Å²) in [5.41, 5.74) is -0.972. The van der Waals surface area contributed by atoms with Crippen LogP contribution in [0.2, 0.25) is 0 Å². The van der Waals surface area contributed by atoms with Crippen LogP contribution in [0, 0.1) is 5.92 Å². The standard InChI is InChI=1S/C19H23F6N3O3S/c20-18(21,22)13-3-7-15(8-4-13)32(30,31)27-14-5-1-12(2-6-14)17(29)28-10-9-26-11-16(28)19(23,24)25/h3-4,7-8,12,14,16,26-27H,1-2,5-6,9-11H2/t12?,14?,16-/m1/s1. The highest BCUT2D eigenvalue weighted by molar-refractivity contribution is 7.89. The largest absolute Gasteiger partial charge is 0.416 e. The van der Waals surface area contributed by atoms with E-state index in [1.165, 1.54) is 0 Å². The quantitative estimate of drug-likeness (QED) is 0.641. The Morgan fingerprint density at radius 3 is 2.12 bits per heavy atom. The number of benzene rings is 1. The minimum Gasteiger partial charge on any atom is -0.328 e. The van der Waals surface area contributed by atoms with Crippen LogP contribution in [0.1, 0.15) is 31.2 Å². The average Bonchev–Trinajstić information content (AvgIpc) is 2.72. The van der Waals surface area contributed by atoms with E-state index in [0.29, 0.717) is 12.1 Å². The molecule has 1 saturated carbocycles. The first-order valence-electron chi connectivity index (χ1n) is 10.1.